The van der Waals surface area contributed by atoms with Gasteiger partial charge in [-0.25, -0.2) is 4.68 Å². The molecule has 0 aliphatic carbocycles. The SMILES string of the molecule is Cc1c(NC(=O)CSc2cccc(NC(=O)/C(=C/c3c[nH]c4ccccc34)NC(=O)c3ccccc3)c2)c(=O)n(-c2ccccc2)n1C. The second-order valence-electron chi connectivity index (χ2n) is 10.9. The first-order chi connectivity index (χ1) is 23.3. The van der Waals surface area contributed by atoms with Crippen molar-refractivity contribution in [3.05, 3.63) is 148 Å². The zero-order valence-corrected chi connectivity index (χ0v) is 27.0. The Bertz CT molecular complexity index is 2220. The summed E-state index contributed by atoms with van der Waals surface area (Å²) in [4.78, 5) is 56.7. The molecule has 0 bridgehead atoms. The molecule has 48 heavy (non-hydrogen) atoms. The van der Waals surface area contributed by atoms with E-state index in [1.165, 1.54) is 16.4 Å². The summed E-state index contributed by atoms with van der Waals surface area (Å²) in [5.41, 5.74) is 3.82. The number of nitrogens with one attached hydrogen (secondary N) is 4. The van der Waals surface area contributed by atoms with Gasteiger partial charge in [0.25, 0.3) is 17.4 Å². The highest BCUT2D eigenvalue weighted by Gasteiger charge is 2.19. The van der Waals surface area contributed by atoms with Crippen molar-refractivity contribution in [2.45, 2.75) is 11.8 Å². The number of anilines is 2. The Morgan fingerprint density at radius 2 is 1.56 bits per heavy atom. The van der Waals surface area contributed by atoms with Crippen LogP contribution >= 0.6 is 11.8 Å². The second kappa shape index (κ2) is 14.1. The second-order valence-corrected chi connectivity index (χ2v) is 12.0. The highest BCUT2D eigenvalue weighted by molar-refractivity contribution is 8.00. The molecule has 10 nitrogen and oxygen atoms in total. The van der Waals surface area contributed by atoms with Gasteiger partial charge in [-0.2, -0.15) is 0 Å². The first kappa shape index (κ1) is 31.9. The van der Waals surface area contributed by atoms with Gasteiger partial charge in [-0.1, -0.05) is 60.7 Å². The maximum Gasteiger partial charge on any atom is 0.295 e. The van der Waals surface area contributed by atoms with Crippen molar-refractivity contribution in [2.24, 2.45) is 7.05 Å². The Kier molecular flexibility index (Phi) is 9.40. The Morgan fingerprint density at radius 1 is 0.854 bits per heavy atom. The van der Waals surface area contributed by atoms with Crippen LogP contribution in [0.1, 0.15) is 21.6 Å². The number of aromatic nitrogens is 3. The van der Waals surface area contributed by atoms with E-state index in [0.29, 0.717) is 22.6 Å². The minimum atomic E-state index is -0.515. The van der Waals surface area contributed by atoms with Crippen LogP contribution in [0.4, 0.5) is 11.4 Å². The third kappa shape index (κ3) is 7.01. The lowest BCUT2D eigenvalue weighted by Crippen LogP contribution is -2.30. The maximum absolute atomic E-state index is 13.6. The molecule has 6 rings (SSSR count). The smallest absolute Gasteiger partial charge is 0.295 e. The summed E-state index contributed by atoms with van der Waals surface area (Å²) >= 11 is 1.26. The predicted octanol–water partition coefficient (Wildman–Crippen LogP) is 6.11. The van der Waals surface area contributed by atoms with E-state index in [-0.39, 0.29) is 28.6 Å². The first-order valence-electron chi connectivity index (χ1n) is 15.1. The number of thioether (sulfide) groups is 1. The Labute approximate surface area is 280 Å². The largest absolute Gasteiger partial charge is 0.361 e. The topological polar surface area (TPSA) is 130 Å². The molecule has 2 heterocycles. The van der Waals surface area contributed by atoms with Gasteiger partial charge in [0.2, 0.25) is 5.91 Å². The van der Waals surface area contributed by atoms with E-state index in [2.05, 4.69) is 20.9 Å². The number of carbonyl (C=O) groups excluding carboxylic acids is 3. The summed E-state index contributed by atoms with van der Waals surface area (Å²) < 4.78 is 3.21. The highest BCUT2D eigenvalue weighted by Crippen LogP contribution is 2.24. The van der Waals surface area contributed by atoms with Gasteiger partial charge in [0.05, 0.1) is 17.1 Å². The Balaban J connectivity index is 1.16. The van der Waals surface area contributed by atoms with Crippen molar-refractivity contribution >= 4 is 57.8 Å². The summed E-state index contributed by atoms with van der Waals surface area (Å²) in [5.74, 6) is -1.24. The van der Waals surface area contributed by atoms with Gasteiger partial charge < -0.3 is 20.9 Å². The van der Waals surface area contributed by atoms with E-state index in [4.69, 9.17) is 0 Å². The average Bonchev–Trinajstić information content (AvgIpc) is 3.61. The standard InChI is InChI=1S/C37H32N6O4S/c1-24-34(37(47)43(42(24)2)28-15-7-4-8-16-28)41-33(44)23-48-29-17-11-14-27(21-29)39-36(46)32(40-35(45)25-12-5-3-6-13-25)20-26-22-38-31-19-10-9-18-30(26)31/h3-22,38H,23H2,1-2H3,(H,39,46)(H,40,45)(H,41,44)/b32-20-. The van der Waals surface area contributed by atoms with Gasteiger partial charge in [0.1, 0.15) is 11.4 Å². The van der Waals surface area contributed by atoms with Crippen LogP contribution in [0.5, 0.6) is 0 Å². The van der Waals surface area contributed by atoms with Crippen molar-refractivity contribution in [3.63, 3.8) is 0 Å². The minimum absolute atomic E-state index is 0.0371. The molecule has 0 fully saturated rings. The molecule has 0 saturated heterocycles. The summed E-state index contributed by atoms with van der Waals surface area (Å²) in [6, 6.07) is 32.6. The molecule has 0 aliphatic rings. The lowest BCUT2D eigenvalue weighted by atomic mass is 10.1. The van der Waals surface area contributed by atoms with E-state index in [9.17, 15) is 19.2 Å². The highest BCUT2D eigenvalue weighted by atomic mass is 32.2. The predicted molar refractivity (Wildman–Crippen MR) is 190 cm³/mol. The Hall–Kier alpha value is -6.07. The normalized spacial score (nSPS) is 11.3. The molecule has 2 aromatic heterocycles. The maximum atomic E-state index is 13.6. The number of rotatable bonds is 10. The Morgan fingerprint density at radius 3 is 2.33 bits per heavy atom. The van der Waals surface area contributed by atoms with Gasteiger partial charge >= 0.3 is 0 Å². The van der Waals surface area contributed by atoms with Crippen LogP contribution in [0.25, 0.3) is 22.7 Å². The summed E-state index contributed by atoms with van der Waals surface area (Å²) in [7, 11) is 1.77. The van der Waals surface area contributed by atoms with Gasteiger partial charge in [-0.3, -0.25) is 23.9 Å². The number of benzene rings is 4. The zero-order chi connectivity index (χ0) is 33.6. The molecule has 0 aliphatic heterocycles. The number of para-hydroxylation sites is 2. The number of aromatic amines is 1. The van der Waals surface area contributed by atoms with Crippen molar-refractivity contribution in [3.8, 4) is 5.69 Å². The quantitative estimate of drug-likeness (QED) is 0.105. The molecule has 0 spiro atoms. The molecule has 11 heteroatoms. The molecule has 4 aromatic carbocycles. The minimum Gasteiger partial charge on any atom is -0.361 e. The number of nitrogens with zero attached hydrogens (tertiary/aromatic N) is 2. The molecule has 6 aromatic rings. The van der Waals surface area contributed by atoms with Crippen LogP contribution in [-0.2, 0) is 16.6 Å². The third-order valence-corrected chi connectivity index (χ3v) is 8.72. The molecular formula is C37H32N6O4S. The lowest BCUT2D eigenvalue weighted by molar-refractivity contribution is -0.114. The van der Waals surface area contributed by atoms with Crippen molar-refractivity contribution in [1.82, 2.24) is 19.7 Å². The summed E-state index contributed by atoms with van der Waals surface area (Å²) in [6.07, 6.45) is 3.41. The molecule has 0 atom stereocenters. The molecule has 4 N–H and O–H groups in total. The third-order valence-electron chi connectivity index (χ3n) is 7.73. The van der Waals surface area contributed by atoms with Crippen LogP contribution in [-0.4, -0.2) is 37.8 Å². The lowest BCUT2D eigenvalue weighted by Gasteiger charge is -2.12. The zero-order valence-electron chi connectivity index (χ0n) is 26.2. The fourth-order valence-corrected chi connectivity index (χ4v) is 5.97. The molecule has 0 radical (unpaired) electrons. The van der Waals surface area contributed by atoms with Crippen LogP contribution < -0.4 is 21.5 Å². The number of fused-ring (bicyclic) bond motifs is 1. The van der Waals surface area contributed by atoms with Crippen LogP contribution in [0.3, 0.4) is 0 Å². The van der Waals surface area contributed by atoms with E-state index in [1.54, 1.807) is 73.4 Å². The number of hydrogen-bond acceptors (Lipinski definition) is 5. The fourth-order valence-electron chi connectivity index (χ4n) is 5.21. The number of amides is 3. The van der Waals surface area contributed by atoms with Gasteiger partial charge in [-0.05, 0) is 61.5 Å². The molecule has 0 unspecified atom stereocenters. The van der Waals surface area contributed by atoms with E-state index in [0.717, 1.165) is 21.4 Å². The van der Waals surface area contributed by atoms with E-state index >= 15 is 0 Å². The van der Waals surface area contributed by atoms with Gasteiger partial charge in [0.15, 0.2) is 0 Å². The number of hydrogen-bond donors (Lipinski definition) is 4. The van der Waals surface area contributed by atoms with Crippen LogP contribution in [0.15, 0.2) is 131 Å². The van der Waals surface area contributed by atoms with Gasteiger partial charge in [0, 0.05) is 45.9 Å². The number of H-pyrrole nitrogens is 1. The van der Waals surface area contributed by atoms with Crippen molar-refractivity contribution < 1.29 is 14.4 Å². The van der Waals surface area contributed by atoms with E-state index in [1.807, 2.05) is 66.7 Å². The molecule has 3 amide bonds. The van der Waals surface area contributed by atoms with E-state index < -0.39 is 11.8 Å². The summed E-state index contributed by atoms with van der Waals surface area (Å²) in [5, 5.41) is 9.32. The van der Waals surface area contributed by atoms with Gasteiger partial charge in [-0.15, -0.1) is 11.8 Å². The van der Waals surface area contributed by atoms with Crippen LogP contribution in [0, 0.1) is 6.92 Å². The average molecular weight is 657 g/mol. The fraction of sp³-hybridized carbons (Fsp3) is 0.0811. The molecule has 0 saturated carbocycles. The van der Waals surface area contributed by atoms with Crippen LogP contribution in [0.2, 0.25) is 0 Å². The van der Waals surface area contributed by atoms with Crippen molar-refractivity contribution in [2.75, 3.05) is 16.4 Å². The molecule has 240 valence electrons. The molecular weight excluding hydrogens is 625 g/mol. The van der Waals surface area contributed by atoms with Crippen molar-refractivity contribution in [1.29, 1.82) is 0 Å². The first-order valence-corrected chi connectivity index (χ1v) is 16.1. The number of carbonyl (C=O) groups is 3. The monoisotopic (exact) mass is 656 g/mol. The summed E-state index contributed by atoms with van der Waals surface area (Å²) in [6.45, 7) is 1.78.